The fraction of sp³-hybridized carbons (Fsp3) is 0.500. The van der Waals surface area contributed by atoms with Gasteiger partial charge in [-0.05, 0) is 36.8 Å². The summed E-state index contributed by atoms with van der Waals surface area (Å²) in [5, 5.41) is 0.513. The van der Waals surface area contributed by atoms with Crippen LogP contribution in [0.5, 0.6) is 5.75 Å². The van der Waals surface area contributed by atoms with E-state index >= 15 is 0 Å². The summed E-state index contributed by atoms with van der Waals surface area (Å²) in [5.41, 5.74) is 3.38. The molecule has 0 aliphatic heterocycles. The number of nitrogens with zero attached hydrogens (tertiary/aromatic N) is 3. The summed E-state index contributed by atoms with van der Waals surface area (Å²) in [7, 11) is 1.64. The highest BCUT2D eigenvalue weighted by Crippen LogP contribution is 2.55. The Kier molecular flexibility index (Phi) is 23.1. The lowest BCUT2D eigenvalue weighted by Crippen LogP contribution is -2.28. The molecule has 0 saturated carbocycles. The normalized spacial score (nSPS) is 11.5. The third-order valence-electron chi connectivity index (χ3n) is 7.25. The molecule has 0 N–H and O–H groups in total. The van der Waals surface area contributed by atoms with Crippen molar-refractivity contribution in [3.8, 4) is 17.0 Å². The molecule has 2 heterocycles. The molecular weight excluding hydrogens is 1130 g/mol. The average molecular weight is 1180 g/mol. The zero-order chi connectivity index (χ0) is 36.7. The number of carbonyl (C=O) groups is 1. The van der Waals surface area contributed by atoms with Crippen LogP contribution in [-0.2, 0) is 23.1 Å². The van der Waals surface area contributed by atoms with Crippen LogP contribution in [0.25, 0.3) is 11.3 Å². The zero-order valence-corrected chi connectivity index (χ0v) is 38.8. The molecule has 51 heavy (non-hydrogen) atoms. The van der Waals surface area contributed by atoms with E-state index in [0.29, 0.717) is 57.1 Å². The Morgan fingerprint density at radius 3 is 2.20 bits per heavy atom. The second-order valence-electron chi connectivity index (χ2n) is 10.8. The molecule has 0 bridgehead atoms. The molecule has 0 unspecified atom stereocenters. The quantitative estimate of drug-likeness (QED) is 0.0420. The molecular formula is C36H49I4N3O7S. The first kappa shape index (κ1) is 44.8. The van der Waals surface area contributed by atoms with Crippen LogP contribution in [-0.4, -0.2) is 96.2 Å². The number of hydrogen-bond donors (Lipinski definition) is 0. The van der Waals surface area contributed by atoms with Gasteiger partial charge < -0.3 is 28.4 Å². The SMILES string of the molecule is C=Ic1sc(N(C(=O)OCCOCCOCCOCCOC)c2ccc(OCCCCCCCC)c(C(I)(I=C)I=C)c2)nc1-c1cccnc1. The number of carbonyl (C=O) groups excluding carboxylic acids is 1. The van der Waals surface area contributed by atoms with Crippen LogP contribution in [0.4, 0.5) is 15.6 Å². The first-order chi connectivity index (χ1) is 24.9. The van der Waals surface area contributed by atoms with E-state index in [4.69, 9.17) is 33.4 Å². The first-order valence-electron chi connectivity index (χ1n) is 16.7. The van der Waals surface area contributed by atoms with Crippen molar-refractivity contribution in [2.45, 2.75) is 44.9 Å². The summed E-state index contributed by atoms with van der Waals surface area (Å²) in [6.45, 7) is 6.03. The Morgan fingerprint density at radius 1 is 0.902 bits per heavy atom. The van der Waals surface area contributed by atoms with Gasteiger partial charge in [0.05, 0.1) is 67.1 Å². The lowest BCUT2D eigenvalue weighted by molar-refractivity contribution is -0.00193. The van der Waals surface area contributed by atoms with E-state index in [2.05, 4.69) is 54.1 Å². The number of methoxy groups -OCH3 is 1. The van der Waals surface area contributed by atoms with E-state index < -0.39 is 68.3 Å². The van der Waals surface area contributed by atoms with Crippen molar-refractivity contribution in [1.82, 2.24) is 9.97 Å². The molecule has 0 spiro atoms. The van der Waals surface area contributed by atoms with Crippen molar-refractivity contribution in [2.24, 2.45) is 0 Å². The number of halogens is 4. The summed E-state index contributed by atoms with van der Waals surface area (Å²) in [4.78, 5) is 24.8. The highest BCUT2D eigenvalue weighted by Gasteiger charge is 2.31. The average Bonchev–Trinajstić information content (AvgIpc) is 3.59. The summed E-state index contributed by atoms with van der Waals surface area (Å²) in [6, 6.07) is 9.80. The molecule has 10 nitrogen and oxygen atoms in total. The number of ether oxygens (including phenoxy) is 6. The van der Waals surface area contributed by atoms with Gasteiger partial charge in [-0.25, -0.2) is 14.7 Å². The fourth-order valence-electron chi connectivity index (χ4n) is 4.64. The van der Waals surface area contributed by atoms with Crippen molar-refractivity contribution >= 4 is 127 Å². The van der Waals surface area contributed by atoms with Gasteiger partial charge in [0.2, 0.25) is 5.13 Å². The second-order valence-corrected chi connectivity index (χ2v) is 27.0. The molecule has 0 radical (unpaired) electrons. The maximum absolute atomic E-state index is 14.0. The van der Waals surface area contributed by atoms with Gasteiger partial charge >= 0.3 is 6.09 Å². The lowest BCUT2D eigenvalue weighted by atomic mass is 10.1. The Bertz CT molecular complexity index is 1490. The number of hydrogen-bond acceptors (Lipinski definition) is 10. The molecule has 284 valence electrons. The van der Waals surface area contributed by atoms with Crippen molar-refractivity contribution in [3.63, 3.8) is 0 Å². The molecule has 0 aliphatic carbocycles. The van der Waals surface area contributed by atoms with E-state index in [1.165, 1.54) is 37.0 Å². The standard InChI is InChI=1S/C36H49I4N3O7S/c1-6-7-8-9-10-11-17-49-31-15-14-29(26-30(31)36(37,39-3)40-4)43(34-42-32(33(38-2)51-34)28-13-12-16-41-27-28)35(44)50-25-24-48-23-22-47-21-20-46-19-18-45-5/h12-16,26-27H,2-4,6-11,17-25H2,1,5H3. The van der Waals surface area contributed by atoms with Crippen LogP contribution in [0.15, 0.2) is 42.7 Å². The Labute approximate surface area is 350 Å². The molecule has 3 aromatic rings. The number of amides is 1. The second kappa shape index (κ2) is 26.3. The number of aromatic nitrogens is 2. The molecule has 0 saturated heterocycles. The Balaban J connectivity index is 1.81. The number of rotatable bonds is 27. The predicted octanol–water partition coefficient (Wildman–Crippen LogP) is 9.84. The van der Waals surface area contributed by atoms with Gasteiger partial charge in [0.1, 0.15) is 11.8 Å². The predicted molar refractivity (Wildman–Crippen MR) is 246 cm³/mol. The molecule has 1 aromatic carbocycles. The molecule has 2 aromatic heterocycles. The van der Waals surface area contributed by atoms with Crippen molar-refractivity contribution in [2.75, 3.05) is 71.5 Å². The van der Waals surface area contributed by atoms with Crippen molar-refractivity contribution < 1.29 is 33.2 Å². The van der Waals surface area contributed by atoms with Gasteiger partial charge in [0, 0.05) is 30.6 Å². The maximum atomic E-state index is 14.0. The smallest absolute Gasteiger partial charge is 0.420 e. The van der Waals surface area contributed by atoms with Crippen LogP contribution in [0.2, 0.25) is 0 Å². The number of thiazole rings is 1. The lowest BCUT2D eigenvalue weighted by Gasteiger charge is -2.25. The van der Waals surface area contributed by atoms with E-state index in [0.717, 1.165) is 38.3 Å². The minimum Gasteiger partial charge on any atom is -0.493 e. The van der Waals surface area contributed by atoms with Crippen molar-refractivity contribution in [1.29, 1.82) is 0 Å². The number of alkyl halides is 3. The van der Waals surface area contributed by atoms with Crippen LogP contribution < -0.4 is 9.64 Å². The van der Waals surface area contributed by atoms with E-state index in [1.807, 2.05) is 24.3 Å². The number of benzene rings is 1. The van der Waals surface area contributed by atoms with Crippen molar-refractivity contribution in [3.05, 3.63) is 51.2 Å². The molecule has 1 amide bonds. The van der Waals surface area contributed by atoms with E-state index in [9.17, 15) is 4.79 Å². The van der Waals surface area contributed by atoms with Crippen LogP contribution >= 0.6 is 96.1 Å². The Hall–Kier alpha value is -0.560. The molecule has 15 heteroatoms. The highest BCUT2D eigenvalue weighted by molar-refractivity contribution is 14.3. The first-order valence-corrected chi connectivity index (χ1v) is 26.4. The molecule has 0 atom stereocenters. The minimum atomic E-state index is -0.586. The van der Waals surface area contributed by atoms with Gasteiger partial charge in [0.25, 0.3) is 0 Å². The van der Waals surface area contributed by atoms with Gasteiger partial charge in [-0.3, -0.25) is 4.98 Å². The summed E-state index contributed by atoms with van der Waals surface area (Å²) in [5.74, 6) is 0.832. The largest absolute Gasteiger partial charge is 0.493 e. The van der Waals surface area contributed by atoms with Gasteiger partial charge in [-0.15, -0.1) is 0 Å². The summed E-state index contributed by atoms with van der Waals surface area (Å²) in [6.07, 6.45) is 10.1. The highest BCUT2D eigenvalue weighted by atomic mass is 127. The number of pyridine rings is 1. The number of unbranched alkanes of at least 4 members (excludes halogenated alkanes) is 5. The zero-order valence-electron chi connectivity index (χ0n) is 29.4. The van der Waals surface area contributed by atoms with Crippen LogP contribution in [0.3, 0.4) is 0 Å². The fourth-order valence-corrected chi connectivity index (χ4v) is 11.0. The van der Waals surface area contributed by atoms with Gasteiger partial charge in [-0.2, -0.15) is 0 Å². The van der Waals surface area contributed by atoms with Crippen LogP contribution in [0.1, 0.15) is 51.0 Å². The topological polar surface area (TPSA) is 101 Å². The summed E-state index contributed by atoms with van der Waals surface area (Å²) >= 11 is 2.43. The van der Waals surface area contributed by atoms with Gasteiger partial charge in [-0.1, -0.05) is 149 Å². The van der Waals surface area contributed by atoms with Gasteiger partial charge in [0.15, 0.2) is 0 Å². The van der Waals surface area contributed by atoms with E-state index in [-0.39, 0.29) is 12.6 Å². The maximum Gasteiger partial charge on any atom is 0.420 e. The third-order valence-corrected chi connectivity index (χ3v) is 22.1. The number of anilines is 2. The summed E-state index contributed by atoms with van der Waals surface area (Å²) < 4.78 is 47.7. The van der Waals surface area contributed by atoms with E-state index in [1.54, 1.807) is 24.4 Å². The molecule has 3 rings (SSSR count). The molecule has 0 fully saturated rings. The monoisotopic (exact) mass is 1170 g/mol. The molecule has 0 aliphatic rings. The van der Waals surface area contributed by atoms with Crippen LogP contribution in [0, 0.1) is 2.88 Å². The Morgan fingerprint density at radius 2 is 1.57 bits per heavy atom. The minimum absolute atomic E-state index is 0.0721. The third kappa shape index (κ3) is 15.2.